The average molecular weight is 506 g/mol. The van der Waals surface area contributed by atoms with E-state index in [1.165, 1.54) is 12.1 Å². The number of anilines is 2. The number of piperidine rings is 1. The number of benzene rings is 1. The van der Waals surface area contributed by atoms with Crippen LogP contribution >= 0.6 is 11.6 Å². The van der Waals surface area contributed by atoms with Crippen LogP contribution in [0.2, 0.25) is 5.02 Å². The van der Waals surface area contributed by atoms with Gasteiger partial charge < -0.3 is 10.1 Å². The van der Waals surface area contributed by atoms with E-state index in [0.29, 0.717) is 30.2 Å². The molecule has 0 atom stereocenters. The third-order valence-corrected chi connectivity index (χ3v) is 7.04. The van der Waals surface area contributed by atoms with Gasteiger partial charge >= 0.3 is 0 Å². The van der Waals surface area contributed by atoms with Crippen LogP contribution < -0.4 is 5.32 Å². The molecule has 0 unspecified atom stereocenters. The summed E-state index contributed by atoms with van der Waals surface area (Å²) in [6, 6.07) is 8.23. The molecule has 35 heavy (non-hydrogen) atoms. The number of aryl methyl sites for hydroxylation is 1. The summed E-state index contributed by atoms with van der Waals surface area (Å²) in [5, 5.41) is 10.1. The molecule has 2 aromatic heterocycles. The minimum atomic E-state index is -1.86. The van der Waals surface area contributed by atoms with Gasteiger partial charge in [0.2, 0.25) is 0 Å². The molecule has 6 nitrogen and oxygen atoms in total. The number of halogens is 4. The van der Waals surface area contributed by atoms with Gasteiger partial charge in [0.1, 0.15) is 11.6 Å². The summed E-state index contributed by atoms with van der Waals surface area (Å²) >= 11 is 5.90. The zero-order chi connectivity index (χ0) is 24.6. The number of hydrogen-bond donors (Lipinski definition) is 2. The van der Waals surface area contributed by atoms with Crippen LogP contribution in [0.5, 0.6) is 0 Å². The van der Waals surface area contributed by atoms with Crippen LogP contribution in [0, 0.1) is 24.5 Å². The molecule has 10 heteroatoms. The maximum atomic E-state index is 15.4. The topological polar surface area (TPSA) is 66.1 Å². The number of ether oxygens (including phenoxy) is 1. The van der Waals surface area contributed by atoms with E-state index in [1.54, 1.807) is 18.2 Å². The molecule has 0 radical (unpaired) electrons. The Bertz CT molecular complexity index is 1210. The lowest BCUT2D eigenvalue weighted by Gasteiger charge is -2.35. The van der Waals surface area contributed by atoms with Crippen molar-refractivity contribution in [1.29, 1.82) is 0 Å². The summed E-state index contributed by atoms with van der Waals surface area (Å²) in [6.07, 6.45) is 2.00. The molecule has 2 aliphatic rings. The van der Waals surface area contributed by atoms with Crippen molar-refractivity contribution in [1.82, 2.24) is 20.1 Å². The second-order valence-corrected chi connectivity index (χ2v) is 9.88. The Balaban J connectivity index is 1.30. The number of nitrogens with one attached hydrogen (secondary N) is 2. The van der Waals surface area contributed by atoms with Gasteiger partial charge in [0.15, 0.2) is 17.3 Å². The van der Waals surface area contributed by atoms with E-state index in [4.69, 9.17) is 16.3 Å². The van der Waals surface area contributed by atoms with E-state index in [1.807, 2.05) is 6.92 Å². The van der Waals surface area contributed by atoms with E-state index in [2.05, 4.69) is 25.4 Å². The number of aromatic nitrogens is 3. The number of nitrogens with zero attached hydrogens (tertiary/aromatic N) is 3. The molecule has 2 aliphatic heterocycles. The fourth-order valence-electron chi connectivity index (χ4n) is 4.69. The SMILES string of the molecule is Cc1cc(Nc2cc(C3(F)COC3)c(F)c(CC3CCN(Cc4cccc(Cl)c4F)CC3)n2)n[nH]1. The van der Waals surface area contributed by atoms with E-state index < -0.39 is 11.5 Å². The highest BCUT2D eigenvalue weighted by Gasteiger charge is 2.44. The van der Waals surface area contributed by atoms with Crippen LogP contribution in [0.1, 0.15) is 35.4 Å². The number of aromatic amines is 1. The number of hydrogen-bond acceptors (Lipinski definition) is 5. The summed E-state index contributed by atoms with van der Waals surface area (Å²) in [4.78, 5) is 6.65. The maximum Gasteiger partial charge on any atom is 0.185 e. The van der Waals surface area contributed by atoms with Gasteiger partial charge in [-0.3, -0.25) is 10.00 Å². The summed E-state index contributed by atoms with van der Waals surface area (Å²) in [6.45, 7) is 3.48. The third-order valence-electron chi connectivity index (χ3n) is 6.75. The lowest BCUT2D eigenvalue weighted by atomic mass is 9.88. The molecule has 0 aliphatic carbocycles. The second kappa shape index (κ2) is 9.79. The molecule has 4 heterocycles. The monoisotopic (exact) mass is 505 g/mol. The van der Waals surface area contributed by atoms with Crippen LogP contribution in [0.4, 0.5) is 24.8 Å². The van der Waals surface area contributed by atoms with Crippen molar-refractivity contribution in [3.8, 4) is 0 Å². The van der Waals surface area contributed by atoms with Crippen molar-refractivity contribution in [2.45, 2.75) is 38.4 Å². The number of rotatable bonds is 7. The molecule has 0 amide bonds. The Kier molecular flexibility index (Phi) is 6.74. The number of H-pyrrole nitrogens is 1. The van der Waals surface area contributed by atoms with E-state index in [0.717, 1.165) is 31.6 Å². The molecule has 1 aromatic carbocycles. The molecular weight excluding hydrogens is 479 g/mol. The predicted molar refractivity (Wildman–Crippen MR) is 128 cm³/mol. The molecule has 0 saturated carbocycles. The van der Waals surface area contributed by atoms with E-state index in [9.17, 15) is 4.39 Å². The Hall–Kier alpha value is -2.62. The van der Waals surface area contributed by atoms with Crippen LogP contribution in [0.3, 0.4) is 0 Å². The number of pyridine rings is 1. The quantitative estimate of drug-likeness (QED) is 0.448. The van der Waals surface area contributed by atoms with Gasteiger partial charge in [0.25, 0.3) is 0 Å². The third kappa shape index (κ3) is 5.17. The van der Waals surface area contributed by atoms with E-state index >= 15 is 8.78 Å². The zero-order valence-electron chi connectivity index (χ0n) is 19.4. The number of likely N-dealkylation sites (tertiary alicyclic amines) is 1. The Morgan fingerprint density at radius 2 is 1.94 bits per heavy atom. The van der Waals surface area contributed by atoms with Crippen molar-refractivity contribution in [2.24, 2.45) is 5.92 Å². The molecule has 2 N–H and O–H groups in total. The first kappa shape index (κ1) is 24.1. The highest BCUT2D eigenvalue weighted by Crippen LogP contribution is 2.38. The average Bonchev–Trinajstić information content (AvgIpc) is 3.23. The predicted octanol–water partition coefficient (Wildman–Crippen LogP) is 5.44. The Morgan fingerprint density at radius 1 is 1.17 bits per heavy atom. The first-order valence-electron chi connectivity index (χ1n) is 11.7. The van der Waals surface area contributed by atoms with Gasteiger partial charge in [-0.2, -0.15) is 5.10 Å². The minimum absolute atomic E-state index is 0.0302. The van der Waals surface area contributed by atoms with Gasteiger partial charge in [-0.05, 0) is 57.3 Å². The zero-order valence-corrected chi connectivity index (χ0v) is 20.1. The van der Waals surface area contributed by atoms with Crippen molar-refractivity contribution in [2.75, 3.05) is 31.6 Å². The normalized spacial score (nSPS) is 18.4. The van der Waals surface area contributed by atoms with Gasteiger partial charge in [0, 0.05) is 29.4 Å². The first-order valence-corrected chi connectivity index (χ1v) is 12.1. The van der Waals surface area contributed by atoms with Crippen LogP contribution in [-0.4, -0.2) is 46.4 Å². The van der Waals surface area contributed by atoms with Crippen LogP contribution in [0.25, 0.3) is 0 Å². The highest BCUT2D eigenvalue weighted by atomic mass is 35.5. The molecule has 0 spiro atoms. The van der Waals surface area contributed by atoms with Gasteiger partial charge in [-0.25, -0.2) is 18.2 Å². The molecular formula is C25H27ClF3N5O. The van der Waals surface area contributed by atoms with E-state index in [-0.39, 0.29) is 41.2 Å². The summed E-state index contributed by atoms with van der Waals surface area (Å²) < 4.78 is 50.0. The molecule has 5 rings (SSSR count). The summed E-state index contributed by atoms with van der Waals surface area (Å²) in [7, 11) is 0. The van der Waals surface area contributed by atoms with Crippen molar-refractivity contribution in [3.05, 3.63) is 69.5 Å². The van der Waals surface area contributed by atoms with Crippen molar-refractivity contribution >= 4 is 23.2 Å². The summed E-state index contributed by atoms with van der Waals surface area (Å²) in [5.41, 5.74) is -0.229. The van der Waals surface area contributed by atoms with Crippen LogP contribution in [0.15, 0.2) is 30.3 Å². The second-order valence-electron chi connectivity index (χ2n) is 9.47. The van der Waals surface area contributed by atoms with Gasteiger partial charge in [-0.15, -0.1) is 0 Å². The lowest BCUT2D eigenvalue weighted by molar-refractivity contribution is -0.136. The molecule has 3 aromatic rings. The smallest absolute Gasteiger partial charge is 0.185 e. The lowest BCUT2D eigenvalue weighted by Crippen LogP contribution is -2.43. The van der Waals surface area contributed by atoms with Crippen molar-refractivity contribution in [3.63, 3.8) is 0 Å². The molecule has 186 valence electrons. The summed E-state index contributed by atoms with van der Waals surface area (Å²) in [5.74, 6) is 0.0644. The fourth-order valence-corrected chi connectivity index (χ4v) is 4.89. The first-order chi connectivity index (χ1) is 16.8. The Labute approximate surface area is 206 Å². The van der Waals surface area contributed by atoms with Gasteiger partial charge in [-0.1, -0.05) is 23.7 Å². The largest absolute Gasteiger partial charge is 0.374 e. The standard InChI is InChI=1S/C25H27ClF3N5O/c1-15-9-22(33-32-15)31-21-11-18(25(29)13-35-14-25)24(28)20(30-21)10-16-5-7-34(8-6-16)12-17-3-2-4-19(26)23(17)27/h2-4,9,11,16H,5-8,10,12-14H2,1H3,(H2,30,31,32,33). The fraction of sp³-hybridized carbons (Fsp3) is 0.440. The molecule has 2 fully saturated rings. The molecule has 0 bridgehead atoms. The van der Waals surface area contributed by atoms with Crippen LogP contribution in [-0.2, 0) is 23.4 Å². The van der Waals surface area contributed by atoms with Crippen molar-refractivity contribution < 1.29 is 17.9 Å². The molecule has 2 saturated heterocycles. The Morgan fingerprint density at radius 3 is 2.60 bits per heavy atom. The minimum Gasteiger partial charge on any atom is -0.374 e. The maximum absolute atomic E-state index is 15.4. The van der Waals surface area contributed by atoms with Gasteiger partial charge in [0.05, 0.1) is 23.9 Å². The highest BCUT2D eigenvalue weighted by molar-refractivity contribution is 6.30. The number of alkyl halides is 1.